The van der Waals surface area contributed by atoms with Crippen molar-refractivity contribution in [2.75, 3.05) is 6.26 Å². The minimum Gasteiger partial charge on any atom is -0.481 e. The minimum absolute atomic E-state index is 0.281. The van der Waals surface area contributed by atoms with Crippen molar-refractivity contribution in [2.45, 2.75) is 29.6 Å². The lowest BCUT2D eigenvalue weighted by molar-refractivity contribution is -0.147. The summed E-state index contributed by atoms with van der Waals surface area (Å²) in [6, 6.07) is 4.64. The van der Waals surface area contributed by atoms with E-state index in [0.717, 1.165) is 12.0 Å². The zero-order valence-corrected chi connectivity index (χ0v) is 9.81. The summed E-state index contributed by atoms with van der Waals surface area (Å²) < 4.78 is 13.3. The standard InChI is InChI=1S/C12H13FO2S/c1-16-10-7-8(3-4-9(10)13)12(11(14)15)5-2-6-12/h3-4,7H,2,5-6H2,1H3,(H,14,15). The van der Waals surface area contributed by atoms with E-state index in [4.69, 9.17) is 0 Å². The zero-order valence-electron chi connectivity index (χ0n) is 9.00. The van der Waals surface area contributed by atoms with Crippen LogP contribution in [0.15, 0.2) is 23.1 Å². The van der Waals surface area contributed by atoms with Gasteiger partial charge in [0.2, 0.25) is 0 Å². The van der Waals surface area contributed by atoms with Crippen molar-refractivity contribution in [3.63, 3.8) is 0 Å². The number of aliphatic carboxylic acids is 1. The third-order valence-electron chi connectivity index (χ3n) is 3.32. The first-order chi connectivity index (χ1) is 7.60. The van der Waals surface area contributed by atoms with Crippen LogP contribution in [0, 0.1) is 5.82 Å². The van der Waals surface area contributed by atoms with E-state index in [0.29, 0.717) is 17.7 Å². The Kier molecular flexibility index (Phi) is 2.93. The Hall–Kier alpha value is -1.03. The van der Waals surface area contributed by atoms with Crippen LogP contribution >= 0.6 is 11.8 Å². The monoisotopic (exact) mass is 240 g/mol. The molecule has 0 bridgehead atoms. The van der Waals surface area contributed by atoms with Crippen LogP contribution in [-0.2, 0) is 10.2 Å². The van der Waals surface area contributed by atoms with Gasteiger partial charge in [0.15, 0.2) is 0 Å². The van der Waals surface area contributed by atoms with Crippen LogP contribution in [0.3, 0.4) is 0 Å². The van der Waals surface area contributed by atoms with E-state index in [-0.39, 0.29) is 5.82 Å². The SMILES string of the molecule is CSc1cc(C2(C(=O)O)CCC2)ccc1F. The molecule has 0 heterocycles. The van der Waals surface area contributed by atoms with Crippen molar-refractivity contribution < 1.29 is 14.3 Å². The van der Waals surface area contributed by atoms with E-state index in [9.17, 15) is 14.3 Å². The van der Waals surface area contributed by atoms with Crippen molar-refractivity contribution >= 4 is 17.7 Å². The van der Waals surface area contributed by atoms with Gasteiger partial charge in [-0.25, -0.2) is 4.39 Å². The van der Waals surface area contributed by atoms with Crippen molar-refractivity contribution in [1.82, 2.24) is 0 Å². The molecule has 1 aromatic rings. The summed E-state index contributed by atoms with van der Waals surface area (Å²) in [6.45, 7) is 0. The molecule has 0 saturated heterocycles. The Morgan fingerprint density at radius 2 is 2.19 bits per heavy atom. The number of carboxylic acid groups (broad SMARTS) is 1. The summed E-state index contributed by atoms with van der Waals surface area (Å²) in [7, 11) is 0. The van der Waals surface area contributed by atoms with Gasteiger partial charge >= 0.3 is 5.97 Å². The molecular weight excluding hydrogens is 227 g/mol. The number of thioether (sulfide) groups is 1. The second-order valence-corrected chi connectivity index (χ2v) is 4.94. The number of carboxylic acids is 1. The predicted molar refractivity (Wildman–Crippen MR) is 61.3 cm³/mol. The molecule has 0 aliphatic heterocycles. The maximum atomic E-state index is 13.3. The van der Waals surface area contributed by atoms with Crippen LogP contribution in [-0.4, -0.2) is 17.3 Å². The van der Waals surface area contributed by atoms with Gasteiger partial charge < -0.3 is 5.11 Å². The molecule has 1 N–H and O–H groups in total. The lowest BCUT2D eigenvalue weighted by Gasteiger charge is -2.38. The Bertz CT molecular complexity index is 427. The van der Waals surface area contributed by atoms with Crippen molar-refractivity contribution in [3.05, 3.63) is 29.6 Å². The third kappa shape index (κ3) is 1.61. The summed E-state index contributed by atoms with van der Waals surface area (Å²) in [4.78, 5) is 11.8. The number of carbonyl (C=O) groups is 1. The Morgan fingerprint density at radius 3 is 2.62 bits per heavy atom. The fourth-order valence-electron chi connectivity index (χ4n) is 2.11. The molecule has 2 rings (SSSR count). The maximum absolute atomic E-state index is 13.3. The summed E-state index contributed by atoms with van der Waals surface area (Å²) in [5, 5.41) is 9.27. The van der Waals surface area contributed by atoms with Gasteiger partial charge in [-0.15, -0.1) is 11.8 Å². The smallest absolute Gasteiger partial charge is 0.314 e. The number of halogens is 1. The third-order valence-corrected chi connectivity index (χ3v) is 4.07. The van der Waals surface area contributed by atoms with Crippen LogP contribution in [0.5, 0.6) is 0 Å². The first kappa shape index (κ1) is 11.5. The van der Waals surface area contributed by atoms with E-state index in [1.807, 2.05) is 0 Å². The van der Waals surface area contributed by atoms with Gasteiger partial charge in [-0.1, -0.05) is 12.5 Å². The van der Waals surface area contributed by atoms with E-state index in [1.165, 1.54) is 17.8 Å². The number of benzene rings is 1. The van der Waals surface area contributed by atoms with E-state index in [2.05, 4.69) is 0 Å². The molecule has 0 amide bonds. The molecule has 1 aliphatic rings. The highest BCUT2D eigenvalue weighted by Gasteiger charge is 2.46. The van der Waals surface area contributed by atoms with E-state index >= 15 is 0 Å². The first-order valence-corrected chi connectivity index (χ1v) is 6.40. The molecule has 1 fully saturated rings. The van der Waals surface area contributed by atoms with Crippen LogP contribution in [0.2, 0.25) is 0 Å². The van der Waals surface area contributed by atoms with Crippen LogP contribution < -0.4 is 0 Å². The van der Waals surface area contributed by atoms with Crippen molar-refractivity contribution in [2.24, 2.45) is 0 Å². The van der Waals surface area contributed by atoms with Gasteiger partial charge in [0.05, 0.1) is 5.41 Å². The lowest BCUT2D eigenvalue weighted by Crippen LogP contribution is -2.42. The maximum Gasteiger partial charge on any atom is 0.314 e. The zero-order chi connectivity index (χ0) is 11.8. The fraction of sp³-hybridized carbons (Fsp3) is 0.417. The second kappa shape index (κ2) is 4.09. The quantitative estimate of drug-likeness (QED) is 0.825. The van der Waals surface area contributed by atoms with E-state index in [1.54, 1.807) is 18.4 Å². The molecule has 0 atom stereocenters. The molecule has 1 aliphatic carbocycles. The number of rotatable bonds is 3. The Balaban J connectivity index is 2.43. The Labute approximate surface area is 97.9 Å². The molecule has 16 heavy (non-hydrogen) atoms. The number of hydrogen-bond acceptors (Lipinski definition) is 2. The predicted octanol–water partition coefficient (Wildman–Crippen LogP) is 3.05. The fourth-order valence-corrected chi connectivity index (χ4v) is 2.62. The molecule has 86 valence electrons. The van der Waals surface area contributed by atoms with Gasteiger partial charge in [0, 0.05) is 4.90 Å². The molecule has 0 aromatic heterocycles. The van der Waals surface area contributed by atoms with Gasteiger partial charge in [0.25, 0.3) is 0 Å². The van der Waals surface area contributed by atoms with Crippen molar-refractivity contribution in [3.8, 4) is 0 Å². The highest BCUT2D eigenvalue weighted by molar-refractivity contribution is 7.98. The Morgan fingerprint density at radius 1 is 1.50 bits per heavy atom. The summed E-state index contributed by atoms with van der Waals surface area (Å²) >= 11 is 1.30. The van der Waals surface area contributed by atoms with Gasteiger partial charge in [-0.3, -0.25) is 4.79 Å². The second-order valence-electron chi connectivity index (χ2n) is 4.09. The lowest BCUT2D eigenvalue weighted by atomic mass is 9.64. The largest absolute Gasteiger partial charge is 0.481 e. The molecule has 2 nitrogen and oxygen atoms in total. The van der Waals surface area contributed by atoms with Gasteiger partial charge in [-0.05, 0) is 36.8 Å². The molecule has 0 radical (unpaired) electrons. The topological polar surface area (TPSA) is 37.3 Å². The van der Waals surface area contributed by atoms with E-state index < -0.39 is 11.4 Å². The van der Waals surface area contributed by atoms with Gasteiger partial charge in [-0.2, -0.15) is 0 Å². The summed E-state index contributed by atoms with van der Waals surface area (Å²) in [6.07, 6.45) is 4.03. The average molecular weight is 240 g/mol. The van der Waals surface area contributed by atoms with Crippen LogP contribution in [0.4, 0.5) is 4.39 Å². The molecule has 1 aromatic carbocycles. The highest BCUT2D eigenvalue weighted by atomic mass is 32.2. The van der Waals surface area contributed by atoms with Crippen molar-refractivity contribution in [1.29, 1.82) is 0 Å². The molecule has 0 unspecified atom stereocenters. The molecule has 1 saturated carbocycles. The summed E-state index contributed by atoms with van der Waals surface area (Å²) in [5.74, 6) is -1.08. The normalized spacial score (nSPS) is 17.9. The van der Waals surface area contributed by atoms with Crippen LogP contribution in [0.1, 0.15) is 24.8 Å². The summed E-state index contributed by atoms with van der Waals surface area (Å²) in [5.41, 5.74) is -0.0324. The average Bonchev–Trinajstić information content (AvgIpc) is 2.18. The van der Waals surface area contributed by atoms with Crippen LogP contribution in [0.25, 0.3) is 0 Å². The molecule has 4 heteroatoms. The highest BCUT2D eigenvalue weighted by Crippen LogP contribution is 2.44. The minimum atomic E-state index is -0.794. The molecular formula is C12H13FO2S. The van der Waals surface area contributed by atoms with Gasteiger partial charge in [0.1, 0.15) is 5.82 Å². The first-order valence-electron chi connectivity index (χ1n) is 5.17. The molecule has 0 spiro atoms. The number of hydrogen-bond donors (Lipinski definition) is 1.